The number of rotatable bonds is 3. The van der Waals surface area contributed by atoms with Gasteiger partial charge in [-0.1, -0.05) is 15.9 Å². The largest absolute Gasteiger partial charge is 0.493 e. The Hall–Kier alpha value is -1.07. The molecular formula is C9H6BrClO4. The van der Waals surface area contributed by atoms with Gasteiger partial charge in [0.25, 0.3) is 0 Å². The summed E-state index contributed by atoms with van der Waals surface area (Å²) in [4.78, 5) is 21.3. The van der Waals surface area contributed by atoms with E-state index in [1.54, 1.807) is 6.07 Å². The van der Waals surface area contributed by atoms with Gasteiger partial charge < -0.3 is 9.47 Å². The normalized spacial score (nSPS) is 9.53. The van der Waals surface area contributed by atoms with Gasteiger partial charge in [-0.25, -0.2) is 4.79 Å². The number of carbonyl (C=O) groups excluding carboxylic acids is 2. The number of methoxy groups -OCH3 is 1. The first-order valence-corrected chi connectivity index (χ1v) is 4.95. The summed E-state index contributed by atoms with van der Waals surface area (Å²) >= 11 is 8.25. The molecule has 6 heteroatoms. The van der Waals surface area contributed by atoms with Crippen molar-refractivity contribution in [3.8, 4) is 11.5 Å². The smallest absolute Gasteiger partial charge is 0.409 e. The Labute approximate surface area is 99.2 Å². The third-order valence-corrected chi connectivity index (χ3v) is 2.11. The molecule has 0 unspecified atom stereocenters. The predicted octanol–water partition coefficient (Wildman–Crippen LogP) is 3.01. The number of halogens is 2. The molecule has 0 fully saturated rings. The van der Waals surface area contributed by atoms with Crippen LogP contribution in [0.15, 0.2) is 16.6 Å². The van der Waals surface area contributed by atoms with Crippen LogP contribution in [-0.2, 0) is 0 Å². The predicted molar refractivity (Wildman–Crippen MR) is 58.0 cm³/mol. The maximum atomic E-state index is 10.7. The molecule has 0 N–H and O–H groups in total. The van der Waals surface area contributed by atoms with Crippen LogP contribution in [0.1, 0.15) is 10.4 Å². The Morgan fingerprint density at radius 3 is 2.67 bits per heavy atom. The van der Waals surface area contributed by atoms with Crippen LogP contribution < -0.4 is 9.47 Å². The van der Waals surface area contributed by atoms with Gasteiger partial charge in [0.15, 0.2) is 17.8 Å². The first kappa shape index (κ1) is 12.0. The van der Waals surface area contributed by atoms with E-state index in [-0.39, 0.29) is 17.1 Å². The molecule has 1 rings (SSSR count). The Balaban J connectivity index is 3.29. The van der Waals surface area contributed by atoms with Crippen molar-refractivity contribution in [1.29, 1.82) is 0 Å². The molecule has 0 aliphatic heterocycles. The van der Waals surface area contributed by atoms with E-state index in [4.69, 9.17) is 16.3 Å². The van der Waals surface area contributed by atoms with Crippen LogP contribution in [0.5, 0.6) is 11.5 Å². The maximum Gasteiger partial charge on any atom is 0.409 e. The molecule has 0 bridgehead atoms. The van der Waals surface area contributed by atoms with Gasteiger partial charge in [0.2, 0.25) is 0 Å². The third kappa shape index (κ3) is 2.94. The summed E-state index contributed by atoms with van der Waals surface area (Å²) in [7, 11) is 1.39. The molecule has 15 heavy (non-hydrogen) atoms. The lowest BCUT2D eigenvalue weighted by Crippen LogP contribution is -2.02. The average molecular weight is 294 g/mol. The summed E-state index contributed by atoms with van der Waals surface area (Å²) in [6.07, 6.45) is 0.544. The highest BCUT2D eigenvalue weighted by Crippen LogP contribution is 2.34. The molecule has 4 nitrogen and oxygen atoms in total. The Morgan fingerprint density at radius 2 is 2.20 bits per heavy atom. The second-order valence-corrected chi connectivity index (χ2v) is 3.71. The number of benzene rings is 1. The molecule has 0 amide bonds. The van der Waals surface area contributed by atoms with Crippen molar-refractivity contribution in [2.24, 2.45) is 0 Å². The van der Waals surface area contributed by atoms with Crippen molar-refractivity contribution in [2.75, 3.05) is 7.11 Å². The highest BCUT2D eigenvalue weighted by molar-refractivity contribution is 9.10. The molecule has 0 atom stereocenters. The number of hydrogen-bond acceptors (Lipinski definition) is 4. The Bertz CT molecular complexity index is 405. The van der Waals surface area contributed by atoms with Crippen LogP contribution in [0.2, 0.25) is 0 Å². The Kier molecular flexibility index (Phi) is 4.11. The van der Waals surface area contributed by atoms with Crippen molar-refractivity contribution in [3.05, 3.63) is 22.2 Å². The van der Waals surface area contributed by atoms with E-state index in [1.807, 2.05) is 0 Å². The number of hydrogen-bond donors (Lipinski definition) is 0. The second-order valence-electron chi connectivity index (χ2n) is 2.48. The molecule has 1 aromatic rings. The second kappa shape index (κ2) is 5.14. The van der Waals surface area contributed by atoms with E-state index in [1.165, 1.54) is 13.2 Å². The van der Waals surface area contributed by atoms with Crippen molar-refractivity contribution in [2.45, 2.75) is 0 Å². The summed E-state index contributed by atoms with van der Waals surface area (Å²) in [6, 6.07) is 3.05. The zero-order valence-electron chi connectivity index (χ0n) is 7.62. The fraction of sp³-hybridized carbons (Fsp3) is 0.111. The molecule has 0 aliphatic rings. The van der Waals surface area contributed by atoms with E-state index in [2.05, 4.69) is 20.7 Å². The van der Waals surface area contributed by atoms with E-state index in [9.17, 15) is 9.59 Å². The minimum atomic E-state index is -1.03. The minimum absolute atomic E-state index is 0.00991. The Morgan fingerprint density at radius 1 is 1.53 bits per heavy atom. The lowest BCUT2D eigenvalue weighted by Gasteiger charge is -2.09. The highest BCUT2D eigenvalue weighted by atomic mass is 79.9. The van der Waals surface area contributed by atoms with Crippen LogP contribution >= 0.6 is 27.5 Å². The first-order chi connectivity index (χ1) is 7.08. The van der Waals surface area contributed by atoms with Crippen molar-refractivity contribution in [3.63, 3.8) is 0 Å². The fourth-order valence-electron chi connectivity index (χ4n) is 1.02. The summed E-state index contributed by atoms with van der Waals surface area (Å²) in [5.41, 5.74) is -0.853. The van der Waals surface area contributed by atoms with E-state index < -0.39 is 5.43 Å². The lowest BCUT2D eigenvalue weighted by molar-refractivity contribution is 0.112. The van der Waals surface area contributed by atoms with Crippen molar-refractivity contribution >= 4 is 39.2 Å². The topological polar surface area (TPSA) is 52.6 Å². The highest BCUT2D eigenvalue weighted by Gasteiger charge is 2.14. The van der Waals surface area contributed by atoms with Gasteiger partial charge in [0.1, 0.15) is 0 Å². The quantitative estimate of drug-likeness (QED) is 0.635. The zero-order valence-corrected chi connectivity index (χ0v) is 9.96. The molecule has 1 aromatic carbocycles. The first-order valence-electron chi connectivity index (χ1n) is 3.78. The lowest BCUT2D eigenvalue weighted by atomic mass is 10.2. The van der Waals surface area contributed by atoms with Gasteiger partial charge in [0, 0.05) is 16.1 Å². The molecule has 0 aliphatic carbocycles. The van der Waals surface area contributed by atoms with Crippen LogP contribution in [0, 0.1) is 0 Å². The van der Waals surface area contributed by atoms with Crippen molar-refractivity contribution < 1.29 is 19.1 Å². The summed E-state index contributed by atoms with van der Waals surface area (Å²) in [5.74, 6) is 0.260. The number of ether oxygens (including phenoxy) is 2. The van der Waals surface area contributed by atoms with Gasteiger partial charge in [-0.15, -0.1) is 0 Å². The van der Waals surface area contributed by atoms with Crippen LogP contribution in [0.25, 0.3) is 0 Å². The summed E-state index contributed by atoms with van der Waals surface area (Å²) in [5, 5.41) is 0. The molecule has 0 aromatic heterocycles. The fourth-order valence-corrected chi connectivity index (χ4v) is 1.55. The van der Waals surface area contributed by atoms with Crippen LogP contribution in [0.4, 0.5) is 4.79 Å². The van der Waals surface area contributed by atoms with E-state index in [0.29, 0.717) is 10.8 Å². The molecular weight excluding hydrogens is 287 g/mol. The molecule has 0 saturated carbocycles. The van der Waals surface area contributed by atoms with Crippen molar-refractivity contribution in [1.82, 2.24) is 0 Å². The van der Waals surface area contributed by atoms with Gasteiger partial charge in [-0.2, -0.15) is 0 Å². The SMILES string of the molecule is COc1cc(Br)cc(C=O)c1OC(=O)Cl. The molecule has 0 heterocycles. The van der Waals surface area contributed by atoms with Crippen LogP contribution in [-0.4, -0.2) is 18.8 Å². The molecule has 0 saturated heterocycles. The number of aldehydes is 1. The van der Waals surface area contributed by atoms with Gasteiger partial charge >= 0.3 is 5.43 Å². The van der Waals surface area contributed by atoms with Gasteiger partial charge in [0.05, 0.1) is 12.7 Å². The monoisotopic (exact) mass is 292 g/mol. The standard InChI is InChI=1S/C9H6BrClO4/c1-14-7-3-6(10)2-5(4-12)8(7)15-9(11)13/h2-4H,1H3. The summed E-state index contributed by atoms with van der Waals surface area (Å²) in [6.45, 7) is 0. The maximum absolute atomic E-state index is 10.7. The van der Waals surface area contributed by atoms with E-state index >= 15 is 0 Å². The molecule has 80 valence electrons. The van der Waals surface area contributed by atoms with Crippen LogP contribution in [0.3, 0.4) is 0 Å². The third-order valence-electron chi connectivity index (χ3n) is 1.58. The molecule has 0 spiro atoms. The average Bonchev–Trinajstić information content (AvgIpc) is 2.19. The van der Waals surface area contributed by atoms with E-state index in [0.717, 1.165) is 0 Å². The summed E-state index contributed by atoms with van der Waals surface area (Å²) < 4.78 is 10.2. The number of carbonyl (C=O) groups is 2. The minimum Gasteiger partial charge on any atom is -0.493 e. The zero-order chi connectivity index (χ0) is 11.4. The van der Waals surface area contributed by atoms with Gasteiger partial charge in [-0.05, 0) is 12.1 Å². The van der Waals surface area contributed by atoms with Gasteiger partial charge in [-0.3, -0.25) is 4.79 Å². The molecule has 0 radical (unpaired) electrons.